The summed E-state index contributed by atoms with van der Waals surface area (Å²) in [4.78, 5) is 4.23. The third-order valence-electron chi connectivity index (χ3n) is 1.56. The lowest BCUT2D eigenvalue weighted by molar-refractivity contribution is -0.696. The Morgan fingerprint density at radius 2 is 2.30 bits per heavy atom. The first-order valence-electron chi connectivity index (χ1n) is 3.70. The molecule has 0 fully saturated rings. The second kappa shape index (κ2) is 3.30. The Balaban J connectivity index is 2.80. The topological polar surface area (TPSA) is 16.8 Å². The first-order chi connectivity index (χ1) is 4.86. The minimum absolute atomic E-state index is 0.997. The number of aromatic nitrogens is 2. The van der Waals surface area contributed by atoms with Crippen LogP contribution in [0, 0.1) is 0 Å². The smallest absolute Gasteiger partial charge is 0.237 e. The quantitative estimate of drug-likeness (QED) is 0.554. The molecule has 0 aliphatic carbocycles. The van der Waals surface area contributed by atoms with Crippen molar-refractivity contribution in [3.8, 4) is 0 Å². The van der Waals surface area contributed by atoms with Crippen LogP contribution in [-0.4, -0.2) is 4.98 Å². The van der Waals surface area contributed by atoms with Crippen molar-refractivity contribution in [3.05, 3.63) is 24.3 Å². The lowest BCUT2D eigenvalue weighted by Crippen LogP contribution is -2.31. The fourth-order valence-electron chi connectivity index (χ4n) is 0.808. The molecular weight excluding hydrogens is 124 g/mol. The molecule has 0 saturated carbocycles. The number of hydrogen-bond acceptors (Lipinski definition) is 1. The van der Waals surface area contributed by atoms with Crippen LogP contribution in [0.5, 0.6) is 0 Å². The lowest BCUT2D eigenvalue weighted by atomic mass is 10.3. The molecule has 1 aromatic rings. The maximum Gasteiger partial charge on any atom is 0.286 e. The van der Waals surface area contributed by atoms with E-state index in [9.17, 15) is 0 Å². The third kappa shape index (κ3) is 1.53. The zero-order valence-corrected chi connectivity index (χ0v) is 6.54. The fraction of sp³-hybridized carbons (Fsp3) is 0.500. The average Bonchev–Trinajstić information content (AvgIpc) is 2.05. The van der Waals surface area contributed by atoms with Crippen LogP contribution >= 0.6 is 0 Å². The summed E-state index contributed by atoms with van der Waals surface area (Å²) in [5.74, 6) is 0. The van der Waals surface area contributed by atoms with Crippen LogP contribution in [0.1, 0.15) is 19.5 Å². The number of nitrogens with zero attached hydrogens (tertiary/aromatic N) is 2. The summed E-state index contributed by atoms with van der Waals surface area (Å²) in [5.41, 5.74) is 1.16. The highest BCUT2D eigenvalue weighted by Gasteiger charge is 1.97. The van der Waals surface area contributed by atoms with Gasteiger partial charge in [0.1, 0.15) is 0 Å². The van der Waals surface area contributed by atoms with Gasteiger partial charge in [0.05, 0.1) is 12.7 Å². The zero-order chi connectivity index (χ0) is 7.40. The Kier molecular flexibility index (Phi) is 2.37. The summed E-state index contributed by atoms with van der Waals surface area (Å²) in [6.45, 7) is 5.21. The zero-order valence-electron chi connectivity index (χ0n) is 6.54. The van der Waals surface area contributed by atoms with Crippen molar-refractivity contribution >= 4 is 0 Å². The Bertz CT molecular complexity index is 168. The van der Waals surface area contributed by atoms with E-state index < -0.39 is 0 Å². The van der Waals surface area contributed by atoms with E-state index in [2.05, 4.69) is 35.7 Å². The minimum atomic E-state index is 0.997. The van der Waals surface area contributed by atoms with Gasteiger partial charge in [0, 0.05) is 12.5 Å². The highest BCUT2D eigenvalue weighted by Crippen LogP contribution is 1.88. The predicted molar refractivity (Wildman–Crippen MR) is 39.5 cm³/mol. The standard InChI is InChI=1S/C8H13N2/c1-3-8-5-6-10(4-2)7-9-8/h5-7H,3-4H2,1-2H3/q+1. The number of rotatable bonds is 2. The van der Waals surface area contributed by atoms with Crippen molar-refractivity contribution in [2.24, 2.45) is 0 Å². The molecule has 0 amide bonds. The van der Waals surface area contributed by atoms with E-state index in [-0.39, 0.29) is 0 Å². The van der Waals surface area contributed by atoms with Gasteiger partial charge in [-0.05, 0) is 6.92 Å². The van der Waals surface area contributed by atoms with Gasteiger partial charge < -0.3 is 0 Å². The molecule has 0 aliphatic rings. The Morgan fingerprint density at radius 3 is 2.70 bits per heavy atom. The summed E-state index contributed by atoms with van der Waals surface area (Å²) in [5, 5.41) is 0. The summed E-state index contributed by atoms with van der Waals surface area (Å²) in [6.07, 6.45) is 4.95. The highest BCUT2D eigenvalue weighted by atomic mass is 15.0. The second-order valence-corrected chi connectivity index (χ2v) is 2.24. The first-order valence-corrected chi connectivity index (χ1v) is 3.70. The molecule has 54 valence electrons. The molecule has 0 aromatic carbocycles. The van der Waals surface area contributed by atoms with Gasteiger partial charge in [-0.1, -0.05) is 11.9 Å². The van der Waals surface area contributed by atoms with Gasteiger partial charge in [0.15, 0.2) is 5.69 Å². The summed E-state index contributed by atoms with van der Waals surface area (Å²) < 4.78 is 2.05. The molecule has 2 heteroatoms. The maximum atomic E-state index is 4.23. The fourth-order valence-corrected chi connectivity index (χ4v) is 0.808. The van der Waals surface area contributed by atoms with E-state index in [0.717, 1.165) is 18.7 Å². The SMILES string of the molecule is CCc1cc[n+](CC)cn1. The van der Waals surface area contributed by atoms with Crippen LogP contribution in [-0.2, 0) is 13.0 Å². The Morgan fingerprint density at radius 1 is 1.50 bits per heavy atom. The number of hydrogen-bond donors (Lipinski definition) is 0. The average molecular weight is 137 g/mol. The molecule has 0 saturated heterocycles. The monoisotopic (exact) mass is 137 g/mol. The molecule has 10 heavy (non-hydrogen) atoms. The van der Waals surface area contributed by atoms with E-state index in [1.165, 1.54) is 0 Å². The van der Waals surface area contributed by atoms with Crippen LogP contribution < -0.4 is 4.57 Å². The van der Waals surface area contributed by atoms with Gasteiger partial charge >= 0.3 is 0 Å². The maximum absolute atomic E-state index is 4.23. The number of aryl methyl sites for hydroxylation is 2. The van der Waals surface area contributed by atoms with Crippen molar-refractivity contribution < 1.29 is 4.57 Å². The molecule has 0 atom stereocenters. The molecule has 0 radical (unpaired) electrons. The van der Waals surface area contributed by atoms with Crippen LogP contribution in [0.2, 0.25) is 0 Å². The summed E-state index contributed by atoms with van der Waals surface area (Å²) >= 11 is 0. The van der Waals surface area contributed by atoms with Crippen molar-refractivity contribution in [1.29, 1.82) is 0 Å². The van der Waals surface area contributed by atoms with Crippen molar-refractivity contribution in [1.82, 2.24) is 4.98 Å². The van der Waals surface area contributed by atoms with E-state index in [0.29, 0.717) is 0 Å². The van der Waals surface area contributed by atoms with Crippen molar-refractivity contribution in [2.45, 2.75) is 26.8 Å². The predicted octanol–water partition coefficient (Wildman–Crippen LogP) is 0.951. The van der Waals surface area contributed by atoms with Gasteiger partial charge in [-0.2, -0.15) is 0 Å². The summed E-state index contributed by atoms with van der Waals surface area (Å²) in [6, 6.07) is 2.06. The van der Waals surface area contributed by atoms with Crippen LogP contribution in [0.3, 0.4) is 0 Å². The molecule has 0 aliphatic heterocycles. The molecule has 1 heterocycles. The van der Waals surface area contributed by atoms with Gasteiger partial charge in [-0.15, -0.1) is 0 Å². The molecule has 0 bridgehead atoms. The van der Waals surface area contributed by atoms with E-state index in [1.54, 1.807) is 0 Å². The molecule has 1 aromatic heterocycles. The molecular formula is C8H13N2+. The molecule has 2 nitrogen and oxygen atoms in total. The highest BCUT2D eigenvalue weighted by molar-refractivity contribution is 4.93. The minimum Gasteiger partial charge on any atom is -0.237 e. The van der Waals surface area contributed by atoms with Crippen LogP contribution in [0.25, 0.3) is 0 Å². The van der Waals surface area contributed by atoms with E-state index in [1.807, 2.05) is 6.33 Å². The van der Waals surface area contributed by atoms with Gasteiger partial charge in [-0.25, -0.2) is 4.57 Å². The van der Waals surface area contributed by atoms with Crippen LogP contribution in [0.4, 0.5) is 0 Å². The van der Waals surface area contributed by atoms with Crippen LogP contribution in [0.15, 0.2) is 18.6 Å². The normalized spacial score (nSPS) is 9.80. The van der Waals surface area contributed by atoms with Gasteiger partial charge in [0.2, 0.25) is 0 Å². The van der Waals surface area contributed by atoms with Gasteiger partial charge in [-0.3, -0.25) is 0 Å². The molecule has 0 unspecified atom stereocenters. The second-order valence-electron chi connectivity index (χ2n) is 2.24. The molecule has 1 rings (SSSR count). The molecule has 0 N–H and O–H groups in total. The van der Waals surface area contributed by atoms with E-state index in [4.69, 9.17) is 0 Å². The lowest BCUT2D eigenvalue weighted by Gasteiger charge is -1.91. The Hall–Kier alpha value is -0.920. The molecule has 0 spiro atoms. The third-order valence-corrected chi connectivity index (χ3v) is 1.56. The Labute approximate surface area is 61.5 Å². The van der Waals surface area contributed by atoms with Crippen molar-refractivity contribution in [3.63, 3.8) is 0 Å². The summed E-state index contributed by atoms with van der Waals surface area (Å²) in [7, 11) is 0. The largest absolute Gasteiger partial charge is 0.286 e. The van der Waals surface area contributed by atoms with Gasteiger partial charge in [0.25, 0.3) is 6.33 Å². The first kappa shape index (κ1) is 7.19. The van der Waals surface area contributed by atoms with E-state index >= 15 is 0 Å². The van der Waals surface area contributed by atoms with Crippen molar-refractivity contribution in [2.75, 3.05) is 0 Å².